The molecule has 1 saturated heterocycles. The van der Waals surface area contributed by atoms with E-state index in [1.54, 1.807) is 12.3 Å². The summed E-state index contributed by atoms with van der Waals surface area (Å²) in [7, 11) is 0. The van der Waals surface area contributed by atoms with E-state index in [-0.39, 0.29) is 29.3 Å². The second-order valence-corrected chi connectivity index (χ2v) is 11.2. The fraction of sp³-hybridized carbons (Fsp3) is 0.448. The Morgan fingerprint density at radius 3 is 2.22 bits per heavy atom. The normalized spacial score (nSPS) is 23.1. The van der Waals surface area contributed by atoms with E-state index in [0.717, 1.165) is 36.7 Å². The van der Waals surface area contributed by atoms with Crippen molar-refractivity contribution in [1.82, 2.24) is 20.5 Å². The van der Waals surface area contributed by atoms with Gasteiger partial charge in [0.1, 0.15) is 0 Å². The number of hydrogen-bond donors (Lipinski definition) is 3. The third-order valence-corrected chi connectivity index (χ3v) is 8.69. The van der Waals surface area contributed by atoms with E-state index in [0.29, 0.717) is 16.1 Å². The minimum Gasteiger partial charge on any atom is -0.360 e. The lowest BCUT2D eigenvalue weighted by molar-refractivity contribution is 0.0892. The number of rotatable bonds is 7. The quantitative estimate of drug-likeness (QED) is 0.422. The van der Waals surface area contributed by atoms with Gasteiger partial charge in [-0.1, -0.05) is 29.8 Å². The lowest BCUT2D eigenvalue weighted by Gasteiger charge is -2.24. The van der Waals surface area contributed by atoms with Crippen LogP contribution in [0.1, 0.15) is 71.2 Å². The first kappa shape index (κ1) is 23.6. The number of amides is 2. The van der Waals surface area contributed by atoms with E-state index in [9.17, 15) is 9.59 Å². The molecule has 7 heteroatoms. The number of halogens is 1. The predicted molar refractivity (Wildman–Crippen MR) is 143 cm³/mol. The van der Waals surface area contributed by atoms with Gasteiger partial charge >= 0.3 is 0 Å². The van der Waals surface area contributed by atoms with Gasteiger partial charge in [-0.2, -0.15) is 0 Å². The first-order chi connectivity index (χ1) is 17.5. The Morgan fingerprint density at radius 2 is 1.56 bits per heavy atom. The number of aromatic nitrogens is 1. The third-order valence-electron chi connectivity index (χ3n) is 8.38. The number of hydrogen-bond acceptors (Lipinski definition) is 3. The minimum atomic E-state index is -0.133. The Hall–Kier alpha value is -2.83. The van der Waals surface area contributed by atoms with E-state index in [1.165, 1.54) is 44.3 Å². The average molecular weight is 505 g/mol. The molecule has 0 radical (unpaired) electrons. The maximum Gasteiger partial charge on any atom is 0.251 e. The Labute approximate surface area is 216 Å². The van der Waals surface area contributed by atoms with Crippen LogP contribution in [0.15, 0.2) is 48.7 Å². The van der Waals surface area contributed by atoms with Gasteiger partial charge in [-0.3, -0.25) is 9.59 Å². The molecule has 1 aromatic heterocycles. The number of nitrogens with one attached hydrogen (secondary N) is 3. The van der Waals surface area contributed by atoms with Crippen molar-refractivity contribution in [2.45, 2.75) is 62.4 Å². The van der Waals surface area contributed by atoms with Gasteiger partial charge in [-0.15, -0.1) is 0 Å². The van der Waals surface area contributed by atoms with Crippen LogP contribution in [0.4, 0.5) is 0 Å². The van der Waals surface area contributed by atoms with Crippen LogP contribution >= 0.6 is 11.6 Å². The first-order valence-electron chi connectivity index (χ1n) is 13.2. The maximum atomic E-state index is 13.1. The molecule has 2 atom stereocenters. The van der Waals surface area contributed by atoms with Crippen LogP contribution in [-0.2, 0) is 5.41 Å². The van der Waals surface area contributed by atoms with Crippen molar-refractivity contribution in [3.05, 3.63) is 70.4 Å². The standard InChI is InChI=1S/C29H33ClN4O2/c30-23-17-31-26-16-20(8-11-22(23)26)28(36)33-25-5-3-4-24(25)32-27(35)19-6-9-21(10-7-19)29(12-13-29)18-34-14-1-2-15-34/h6-11,16-17,24-25,31H,1-5,12-15,18H2,(H,32,35)(H,33,36)/t24-,25+/m0/s1. The van der Waals surface area contributed by atoms with Crippen molar-refractivity contribution >= 4 is 34.3 Å². The number of carbonyl (C=O) groups is 2. The van der Waals surface area contributed by atoms with Crippen molar-refractivity contribution in [3.63, 3.8) is 0 Å². The molecule has 2 saturated carbocycles. The number of likely N-dealkylation sites (tertiary alicyclic amines) is 1. The molecule has 3 aromatic rings. The highest BCUT2D eigenvalue weighted by Crippen LogP contribution is 2.49. The Balaban J connectivity index is 1.07. The molecule has 188 valence electrons. The van der Waals surface area contributed by atoms with E-state index in [1.807, 2.05) is 24.3 Å². The predicted octanol–water partition coefficient (Wildman–Crippen LogP) is 5.03. The zero-order valence-corrected chi connectivity index (χ0v) is 21.2. The summed E-state index contributed by atoms with van der Waals surface area (Å²) in [6.07, 6.45) is 9.51. The summed E-state index contributed by atoms with van der Waals surface area (Å²) in [6.45, 7) is 3.58. The first-order valence-corrected chi connectivity index (χ1v) is 13.6. The van der Waals surface area contributed by atoms with Gasteiger partial charge in [-0.05, 0) is 87.9 Å². The van der Waals surface area contributed by atoms with Crippen molar-refractivity contribution in [3.8, 4) is 0 Å². The molecule has 0 unspecified atom stereocenters. The minimum absolute atomic E-state index is 0.0699. The van der Waals surface area contributed by atoms with Crippen LogP contribution in [0.2, 0.25) is 5.02 Å². The van der Waals surface area contributed by atoms with Crippen molar-refractivity contribution in [2.24, 2.45) is 0 Å². The average Bonchev–Trinajstić information content (AvgIpc) is 3.18. The molecule has 2 heterocycles. The number of H-pyrrole nitrogens is 1. The van der Waals surface area contributed by atoms with Gasteiger partial charge < -0.3 is 20.5 Å². The van der Waals surface area contributed by atoms with Crippen LogP contribution in [0.25, 0.3) is 10.9 Å². The summed E-state index contributed by atoms with van der Waals surface area (Å²) in [4.78, 5) is 31.7. The highest BCUT2D eigenvalue weighted by molar-refractivity contribution is 6.35. The lowest BCUT2D eigenvalue weighted by atomic mass is 9.94. The Morgan fingerprint density at radius 1 is 0.917 bits per heavy atom. The largest absolute Gasteiger partial charge is 0.360 e. The summed E-state index contributed by atoms with van der Waals surface area (Å²) in [5, 5.41) is 7.86. The lowest BCUT2D eigenvalue weighted by Crippen LogP contribution is -2.48. The smallest absolute Gasteiger partial charge is 0.251 e. The zero-order valence-electron chi connectivity index (χ0n) is 20.5. The highest BCUT2D eigenvalue weighted by Gasteiger charge is 2.45. The van der Waals surface area contributed by atoms with Crippen LogP contribution in [0, 0.1) is 0 Å². The fourth-order valence-corrected chi connectivity index (χ4v) is 6.29. The fourth-order valence-electron chi connectivity index (χ4n) is 6.07. The van der Waals surface area contributed by atoms with Crippen LogP contribution in [-0.4, -0.2) is 53.4 Å². The molecule has 3 aliphatic rings. The number of aromatic amines is 1. The molecule has 6 rings (SSSR count). The third kappa shape index (κ3) is 4.64. The van der Waals surface area contributed by atoms with E-state index >= 15 is 0 Å². The van der Waals surface area contributed by atoms with Crippen LogP contribution in [0.5, 0.6) is 0 Å². The van der Waals surface area contributed by atoms with Gasteiger partial charge in [0.15, 0.2) is 0 Å². The highest BCUT2D eigenvalue weighted by atomic mass is 35.5. The number of carbonyl (C=O) groups excluding carboxylic acids is 2. The van der Waals surface area contributed by atoms with Gasteiger partial charge in [0.2, 0.25) is 0 Å². The molecule has 0 spiro atoms. The second kappa shape index (κ2) is 9.56. The number of fused-ring (bicyclic) bond motifs is 1. The SMILES string of the molecule is O=C(N[C@H]1CCC[C@H]1NC(=O)c1ccc2c(Cl)c[nH]c2c1)c1ccc(C2(CN3CCCC3)CC2)cc1. The maximum absolute atomic E-state index is 13.1. The van der Waals surface area contributed by atoms with E-state index in [4.69, 9.17) is 11.6 Å². The summed E-state index contributed by atoms with van der Waals surface area (Å²) in [5.41, 5.74) is 3.74. The Bertz CT molecular complexity index is 1270. The summed E-state index contributed by atoms with van der Waals surface area (Å²) >= 11 is 6.15. The van der Waals surface area contributed by atoms with Gasteiger partial charge in [0.25, 0.3) is 11.8 Å². The van der Waals surface area contributed by atoms with E-state index < -0.39 is 0 Å². The second-order valence-electron chi connectivity index (χ2n) is 10.8. The Kier molecular flexibility index (Phi) is 6.26. The van der Waals surface area contributed by atoms with Crippen molar-refractivity contribution in [1.29, 1.82) is 0 Å². The molecule has 6 nitrogen and oxygen atoms in total. The summed E-state index contributed by atoms with van der Waals surface area (Å²) < 4.78 is 0. The van der Waals surface area contributed by atoms with Crippen molar-refractivity contribution in [2.75, 3.05) is 19.6 Å². The van der Waals surface area contributed by atoms with E-state index in [2.05, 4.69) is 32.7 Å². The number of nitrogens with zero attached hydrogens (tertiary/aromatic N) is 1. The van der Waals surface area contributed by atoms with Crippen LogP contribution < -0.4 is 10.6 Å². The molecule has 36 heavy (non-hydrogen) atoms. The van der Waals surface area contributed by atoms with Gasteiger partial charge in [0.05, 0.1) is 5.02 Å². The zero-order chi connectivity index (χ0) is 24.7. The van der Waals surface area contributed by atoms with Crippen LogP contribution in [0.3, 0.4) is 0 Å². The molecule has 3 N–H and O–H groups in total. The molecule has 2 amide bonds. The summed E-state index contributed by atoms with van der Waals surface area (Å²) in [6, 6.07) is 13.5. The molecular weight excluding hydrogens is 472 g/mol. The topological polar surface area (TPSA) is 77.2 Å². The molecule has 2 aliphatic carbocycles. The molecular formula is C29H33ClN4O2. The van der Waals surface area contributed by atoms with Crippen molar-refractivity contribution < 1.29 is 9.59 Å². The monoisotopic (exact) mass is 504 g/mol. The number of benzene rings is 2. The molecule has 1 aliphatic heterocycles. The summed E-state index contributed by atoms with van der Waals surface area (Å²) in [5.74, 6) is -0.203. The molecule has 0 bridgehead atoms. The molecule has 2 aromatic carbocycles. The molecule has 3 fully saturated rings. The van der Waals surface area contributed by atoms with Gasteiger partial charge in [-0.25, -0.2) is 0 Å². The van der Waals surface area contributed by atoms with Gasteiger partial charge in [0, 0.05) is 52.3 Å².